The second kappa shape index (κ2) is 14.8. The fraction of sp³-hybridized carbons (Fsp3) is 0.600. The first-order chi connectivity index (χ1) is 15.5. The average molecular weight is 447 g/mol. The highest BCUT2D eigenvalue weighted by molar-refractivity contribution is 5.80. The number of hydrogen-bond donors (Lipinski definition) is 3. The topological polar surface area (TPSA) is 96.9 Å². The number of allylic oxidation sites excluding steroid dienone is 1. The van der Waals surface area contributed by atoms with Gasteiger partial charge in [-0.1, -0.05) is 49.4 Å². The van der Waals surface area contributed by atoms with Gasteiger partial charge < -0.3 is 14.8 Å². The van der Waals surface area contributed by atoms with Gasteiger partial charge in [0, 0.05) is 18.4 Å². The third-order valence-corrected chi connectivity index (χ3v) is 6.00. The predicted octanol–water partition coefficient (Wildman–Crippen LogP) is 3.92. The van der Waals surface area contributed by atoms with Gasteiger partial charge in [0.05, 0.1) is 12.6 Å². The molecule has 0 heterocycles. The van der Waals surface area contributed by atoms with Crippen molar-refractivity contribution in [1.82, 2.24) is 10.8 Å². The summed E-state index contributed by atoms with van der Waals surface area (Å²) in [5, 5.41) is 12.3. The summed E-state index contributed by atoms with van der Waals surface area (Å²) >= 11 is 0. The SMILES string of the molecule is CCOCOC[C@H](C[C@H](CC=Cc1ccccc1)C(=O)NO)NC(=O)C1CCC(C)CC1. The van der Waals surface area contributed by atoms with Crippen LogP contribution >= 0.6 is 0 Å². The molecule has 1 fully saturated rings. The number of benzene rings is 1. The van der Waals surface area contributed by atoms with E-state index in [1.165, 1.54) is 0 Å². The lowest BCUT2D eigenvalue weighted by Crippen LogP contribution is -2.45. The summed E-state index contributed by atoms with van der Waals surface area (Å²) in [7, 11) is 0. The molecule has 32 heavy (non-hydrogen) atoms. The van der Waals surface area contributed by atoms with E-state index in [2.05, 4.69) is 12.2 Å². The first kappa shape index (κ1) is 26.0. The van der Waals surface area contributed by atoms with Crippen molar-refractivity contribution in [2.45, 2.75) is 58.4 Å². The minimum atomic E-state index is -0.507. The summed E-state index contributed by atoms with van der Waals surface area (Å²) in [5.74, 6) is -0.294. The molecule has 0 bridgehead atoms. The van der Waals surface area contributed by atoms with Gasteiger partial charge in [0.25, 0.3) is 0 Å². The number of nitrogens with one attached hydrogen (secondary N) is 2. The normalized spacial score (nSPS) is 20.6. The van der Waals surface area contributed by atoms with Crippen LogP contribution in [0.4, 0.5) is 0 Å². The van der Waals surface area contributed by atoms with E-state index >= 15 is 0 Å². The van der Waals surface area contributed by atoms with Gasteiger partial charge in [-0.2, -0.15) is 0 Å². The first-order valence-corrected chi connectivity index (χ1v) is 11.6. The van der Waals surface area contributed by atoms with Crippen molar-refractivity contribution in [2.24, 2.45) is 17.8 Å². The lowest BCUT2D eigenvalue weighted by atomic mass is 9.82. The van der Waals surface area contributed by atoms with Crippen molar-refractivity contribution < 1.29 is 24.3 Å². The number of ether oxygens (including phenoxy) is 2. The van der Waals surface area contributed by atoms with Gasteiger partial charge in [-0.25, -0.2) is 5.48 Å². The van der Waals surface area contributed by atoms with Crippen LogP contribution in [-0.4, -0.2) is 43.1 Å². The number of hydrogen-bond acceptors (Lipinski definition) is 5. The summed E-state index contributed by atoms with van der Waals surface area (Å²) in [4.78, 5) is 25.2. The Morgan fingerprint density at radius 2 is 1.88 bits per heavy atom. The van der Waals surface area contributed by atoms with Gasteiger partial charge in [0.2, 0.25) is 11.8 Å². The lowest BCUT2D eigenvalue weighted by Gasteiger charge is -2.28. The molecule has 0 spiro atoms. The lowest BCUT2D eigenvalue weighted by molar-refractivity contribution is -0.135. The van der Waals surface area contributed by atoms with E-state index in [1.807, 2.05) is 49.4 Å². The van der Waals surface area contributed by atoms with E-state index in [0.29, 0.717) is 25.4 Å². The Bertz CT molecular complexity index is 702. The third kappa shape index (κ3) is 9.51. The second-order valence-corrected chi connectivity index (χ2v) is 8.60. The van der Waals surface area contributed by atoms with Crippen molar-refractivity contribution in [3.05, 3.63) is 42.0 Å². The third-order valence-electron chi connectivity index (χ3n) is 6.00. The molecule has 1 aliphatic rings. The van der Waals surface area contributed by atoms with E-state index in [-0.39, 0.29) is 31.3 Å². The predicted molar refractivity (Wildman–Crippen MR) is 124 cm³/mol. The second-order valence-electron chi connectivity index (χ2n) is 8.60. The van der Waals surface area contributed by atoms with Crippen LogP contribution < -0.4 is 10.8 Å². The Balaban J connectivity index is 2.00. The van der Waals surface area contributed by atoms with Crippen LogP contribution in [0.1, 0.15) is 57.9 Å². The number of amides is 2. The molecule has 1 aromatic rings. The van der Waals surface area contributed by atoms with Crippen molar-refractivity contribution in [3.8, 4) is 0 Å². The molecular weight excluding hydrogens is 408 g/mol. The van der Waals surface area contributed by atoms with E-state index in [4.69, 9.17) is 9.47 Å². The summed E-state index contributed by atoms with van der Waals surface area (Å²) in [6.07, 6.45) is 8.54. The Morgan fingerprint density at radius 1 is 1.16 bits per heavy atom. The molecule has 1 aromatic carbocycles. The van der Waals surface area contributed by atoms with E-state index in [9.17, 15) is 14.8 Å². The van der Waals surface area contributed by atoms with Crippen LogP contribution in [0.15, 0.2) is 36.4 Å². The maximum atomic E-state index is 12.9. The molecule has 2 amide bonds. The minimum absolute atomic E-state index is 0.00341. The maximum absolute atomic E-state index is 12.9. The molecule has 7 heteroatoms. The van der Waals surface area contributed by atoms with Crippen LogP contribution in [0.25, 0.3) is 6.08 Å². The zero-order chi connectivity index (χ0) is 23.2. The molecule has 2 rings (SSSR count). The Hall–Kier alpha value is -2.22. The van der Waals surface area contributed by atoms with Crippen molar-refractivity contribution >= 4 is 17.9 Å². The van der Waals surface area contributed by atoms with Crippen LogP contribution in [0.5, 0.6) is 0 Å². The van der Waals surface area contributed by atoms with Crippen molar-refractivity contribution in [2.75, 3.05) is 20.0 Å². The standard InChI is InChI=1S/C25H38N2O5/c1-3-31-18-32-17-23(26-24(28)21-14-12-19(2)13-15-21)16-22(25(29)27-30)11-7-10-20-8-5-4-6-9-20/h4-10,19,21-23,30H,3,11-18H2,1-2H3,(H,26,28)(H,27,29)/t19?,21?,22-,23-/m0/s1. The maximum Gasteiger partial charge on any atom is 0.246 e. The molecular formula is C25H38N2O5. The molecule has 2 atom stereocenters. The minimum Gasteiger partial charge on any atom is -0.356 e. The summed E-state index contributed by atoms with van der Waals surface area (Å²) in [6.45, 7) is 5.02. The molecule has 7 nitrogen and oxygen atoms in total. The summed E-state index contributed by atoms with van der Waals surface area (Å²) in [5.41, 5.74) is 2.80. The largest absolute Gasteiger partial charge is 0.356 e. The monoisotopic (exact) mass is 446 g/mol. The van der Waals surface area contributed by atoms with Gasteiger partial charge >= 0.3 is 0 Å². The highest BCUT2D eigenvalue weighted by atomic mass is 16.7. The molecule has 3 N–H and O–H groups in total. The van der Waals surface area contributed by atoms with Gasteiger partial charge in [0.1, 0.15) is 6.79 Å². The Kier molecular flexibility index (Phi) is 12.0. The molecule has 178 valence electrons. The highest BCUT2D eigenvalue weighted by Gasteiger charge is 2.28. The zero-order valence-electron chi connectivity index (χ0n) is 19.3. The van der Waals surface area contributed by atoms with Gasteiger partial charge in [-0.3, -0.25) is 14.8 Å². The molecule has 0 aromatic heterocycles. The Morgan fingerprint density at radius 3 is 2.53 bits per heavy atom. The molecule has 0 radical (unpaired) electrons. The number of carbonyl (C=O) groups excluding carboxylic acids is 2. The van der Waals surface area contributed by atoms with E-state index in [0.717, 1.165) is 31.2 Å². The first-order valence-electron chi connectivity index (χ1n) is 11.6. The average Bonchev–Trinajstić information content (AvgIpc) is 2.81. The zero-order valence-corrected chi connectivity index (χ0v) is 19.3. The fourth-order valence-electron chi connectivity index (χ4n) is 4.02. The van der Waals surface area contributed by atoms with Crippen LogP contribution in [0, 0.1) is 17.8 Å². The van der Waals surface area contributed by atoms with Gasteiger partial charge in [0.15, 0.2) is 0 Å². The number of carbonyl (C=O) groups is 2. The number of hydroxylamine groups is 1. The highest BCUT2D eigenvalue weighted by Crippen LogP contribution is 2.28. The van der Waals surface area contributed by atoms with Gasteiger partial charge in [-0.15, -0.1) is 0 Å². The van der Waals surface area contributed by atoms with Gasteiger partial charge in [-0.05, 0) is 56.9 Å². The molecule has 0 aliphatic heterocycles. The summed E-state index contributed by atoms with van der Waals surface area (Å²) in [6, 6.07) is 9.45. The van der Waals surface area contributed by atoms with Crippen LogP contribution in [-0.2, 0) is 19.1 Å². The summed E-state index contributed by atoms with van der Waals surface area (Å²) < 4.78 is 10.8. The molecule has 1 saturated carbocycles. The van der Waals surface area contributed by atoms with Crippen LogP contribution in [0.3, 0.4) is 0 Å². The molecule has 1 aliphatic carbocycles. The van der Waals surface area contributed by atoms with E-state index in [1.54, 1.807) is 5.48 Å². The van der Waals surface area contributed by atoms with Crippen molar-refractivity contribution in [1.29, 1.82) is 0 Å². The fourth-order valence-corrected chi connectivity index (χ4v) is 4.02. The van der Waals surface area contributed by atoms with E-state index < -0.39 is 11.8 Å². The number of rotatable bonds is 13. The molecule has 0 saturated heterocycles. The molecule has 0 unspecified atom stereocenters. The quantitative estimate of drug-likeness (QED) is 0.185. The smallest absolute Gasteiger partial charge is 0.246 e. The van der Waals surface area contributed by atoms with Crippen LogP contribution in [0.2, 0.25) is 0 Å². The Labute approximate surface area is 191 Å². The van der Waals surface area contributed by atoms with Crippen molar-refractivity contribution in [3.63, 3.8) is 0 Å².